The molecular weight excluding hydrogens is 190 g/mol. The first kappa shape index (κ1) is 8.78. The van der Waals surface area contributed by atoms with E-state index >= 15 is 0 Å². The summed E-state index contributed by atoms with van der Waals surface area (Å²) in [5.41, 5.74) is 0.976. The first-order valence-corrected chi connectivity index (χ1v) is 4.67. The molecule has 3 nitrogen and oxygen atoms in total. The lowest BCUT2D eigenvalue weighted by Gasteiger charge is -2.27. The molecule has 0 bridgehead atoms. The molecule has 1 aliphatic rings. The Morgan fingerprint density at radius 1 is 1.62 bits per heavy atom. The van der Waals surface area contributed by atoms with Crippen molar-refractivity contribution in [1.29, 1.82) is 0 Å². The maximum Gasteiger partial charge on any atom is 0.145 e. The minimum atomic E-state index is 0.172. The van der Waals surface area contributed by atoms with E-state index in [1.54, 1.807) is 12.4 Å². The van der Waals surface area contributed by atoms with Crippen molar-refractivity contribution in [2.45, 2.75) is 12.0 Å². The van der Waals surface area contributed by atoms with Crippen molar-refractivity contribution in [2.24, 2.45) is 0 Å². The molecule has 0 aliphatic carbocycles. The molecule has 1 saturated heterocycles. The zero-order chi connectivity index (χ0) is 9.10. The van der Waals surface area contributed by atoms with Gasteiger partial charge in [-0.2, -0.15) is 0 Å². The highest BCUT2D eigenvalue weighted by atomic mass is 35.5. The summed E-state index contributed by atoms with van der Waals surface area (Å²) in [6.07, 6.45) is 3.57. The zero-order valence-corrected chi connectivity index (χ0v) is 7.83. The maximum absolute atomic E-state index is 5.74. The summed E-state index contributed by atoms with van der Waals surface area (Å²) >= 11 is 5.74. The second-order valence-corrected chi connectivity index (χ2v) is 3.16. The van der Waals surface area contributed by atoms with Crippen molar-refractivity contribution in [3.8, 4) is 5.75 Å². The molecule has 2 heterocycles. The number of halogens is 1. The van der Waals surface area contributed by atoms with E-state index in [1.165, 1.54) is 0 Å². The molecule has 70 valence electrons. The SMILES string of the molecule is ClCc1ccncc1OC1COC1. The van der Waals surface area contributed by atoms with Crippen LogP contribution in [0.5, 0.6) is 5.75 Å². The van der Waals surface area contributed by atoms with E-state index in [4.69, 9.17) is 21.1 Å². The summed E-state index contributed by atoms with van der Waals surface area (Å²) in [7, 11) is 0. The van der Waals surface area contributed by atoms with Crippen molar-refractivity contribution >= 4 is 11.6 Å². The quantitative estimate of drug-likeness (QED) is 0.693. The van der Waals surface area contributed by atoms with Gasteiger partial charge in [-0.05, 0) is 6.07 Å². The highest BCUT2D eigenvalue weighted by Crippen LogP contribution is 2.21. The molecule has 1 fully saturated rings. The maximum atomic E-state index is 5.74. The monoisotopic (exact) mass is 199 g/mol. The van der Waals surface area contributed by atoms with Crippen LogP contribution < -0.4 is 4.74 Å². The van der Waals surface area contributed by atoms with Gasteiger partial charge in [-0.25, -0.2) is 0 Å². The Morgan fingerprint density at radius 3 is 3.08 bits per heavy atom. The van der Waals surface area contributed by atoms with Crippen LogP contribution in [0.4, 0.5) is 0 Å². The van der Waals surface area contributed by atoms with Crippen LogP contribution in [0.25, 0.3) is 0 Å². The fourth-order valence-electron chi connectivity index (χ4n) is 1.09. The van der Waals surface area contributed by atoms with Gasteiger partial charge in [0, 0.05) is 11.8 Å². The molecule has 0 amide bonds. The van der Waals surface area contributed by atoms with Gasteiger partial charge in [-0.3, -0.25) is 4.98 Å². The van der Waals surface area contributed by atoms with Crippen molar-refractivity contribution < 1.29 is 9.47 Å². The Bertz CT molecular complexity index is 289. The Labute approximate surface area is 81.6 Å². The van der Waals surface area contributed by atoms with Gasteiger partial charge >= 0.3 is 0 Å². The van der Waals surface area contributed by atoms with Crippen LogP contribution in [0.15, 0.2) is 18.5 Å². The largest absolute Gasteiger partial charge is 0.484 e. The first-order chi connectivity index (χ1) is 6.40. The summed E-state index contributed by atoms with van der Waals surface area (Å²) in [4.78, 5) is 3.98. The smallest absolute Gasteiger partial charge is 0.145 e. The molecule has 0 aromatic carbocycles. The lowest BCUT2D eigenvalue weighted by atomic mass is 10.2. The van der Waals surface area contributed by atoms with Gasteiger partial charge in [-0.1, -0.05) is 0 Å². The molecule has 2 rings (SSSR count). The molecule has 13 heavy (non-hydrogen) atoms. The van der Waals surface area contributed by atoms with E-state index in [0.717, 1.165) is 11.3 Å². The number of pyridine rings is 1. The third-order valence-electron chi connectivity index (χ3n) is 1.92. The second-order valence-electron chi connectivity index (χ2n) is 2.89. The number of nitrogens with zero attached hydrogens (tertiary/aromatic N) is 1. The third-order valence-corrected chi connectivity index (χ3v) is 2.20. The minimum Gasteiger partial charge on any atom is -0.484 e. The van der Waals surface area contributed by atoms with Gasteiger partial charge in [0.25, 0.3) is 0 Å². The molecule has 1 aromatic rings. The van der Waals surface area contributed by atoms with E-state index in [0.29, 0.717) is 19.1 Å². The molecule has 4 heteroatoms. The molecule has 1 aromatic heterocycles. The number of hydrogen-bond acceptors (Lipinski definition) is 3. The Balaban J connectivity index is 2.08. The number of alkyl halides is 1. The summed E-state index contributed by atoms with van der Waals surface area (Å²) < 4.78 is 10.6. The molecule has 0 atom stereocenters. The van der Waals surface area contributed by atoms with E-state index in [2.05, 4.69) is 4.98 Å². The number of rotatable bonds is 3. The predicted molar refractivity (Wildman–Crippen MR) is 49.0 cm³/mol. The fraction of sp³-hybridized carbons (Fsp3) is 0.444. The van der Waals surface area contributed by atoms with E-state index in [-0.39, 0.29) is 6.10 Å². The molecular formula is C9H10ClNO2. The summed E-state index contributed by atoms with van der Waals surface area (Å²) in [5, 5.41) is 0. The van der Waals surface area contributed by atoms with Gasteiger partial charge in [-0.15, -0.1) is 11.6 Å². The third kappa shape index (κ3) is 1.92. The van der Waals surface area contributed by atoms with Crippen LogP contribution in [-0.4, -0.2) is 24.3 Å². The fourth-order valence-corrected chi connectivity index (χ4v) is 1.31. The van der Waals surface area contributed by atoms with Crippen LogP contribution in [-0.2, 0) is 10.6 Å². The second kappa shape index (κ2) is 3.94. The first-order valence-electron chi connectivity index (χ1n) is 4.13. The van der Waals surface area contributed by atoms with E-state index < -0.39 is 0 Å². The lowest BCUT2D eigenvalue weighted by Crippen LogP contribution is -2.38. The van der Waals surface area contributed by atoms with Crippen LogP contribution in [0.3, 0.4) is 0 Å². The standard InChI is InChI=1S/C9H10ClNO2/c10-3-7-1-2-11-4-9(7)13-8-5-12-6-8/h1-2,4,8H,3,5-6H2. The van der Waals surface area contributed by atoms with Gasteiger partial charge in [0.15, 0.2) is 0 Å². The Hall–Kier alpha value is -0.800. The zero-order valence-electron chi connectivity index (χ0n) is 7.07. The van der Waals surface area contributed by atoms with Crippen molar-refractivity contribution in [2.75, 3.05) is 13.2 Å². The lowest BCUT2D eigenvalue weighted by molar-refractivity contribution is -0.0800. The van der Waals surface area contributed by atoms with Crippen molar-refractivity contribution in [3.05, 3.63) is 24.0 Å². The summed E-state index contributed by atoms with van der Waals surface area (Å²) in [6, 6.07) is 1.86. The normalized spacial score (nSPS) is 16.7. The molecule has 1 aliphatic heterocycles. The van der Waals surface area contributed by atoms with Crippen LogP contribution in [0, 0.1) is 0 Å². The number of hydrogen-bond donors (Lipinski definition) is 0. The Kier molecular flexibility index (Phi) is 2.66. The Morgan fingerprint density at radius 2 is 2.46 bits per heavy atom. The van der Waals surface area contributed by atoms with Crippen LogP contribution in [0.2, 0.25) is 0 Å². The molecule has 0 spiro atoms. The molecule has 0 saturated carbocycles. The minimum absolute atomic E-state index is 0.172. The molecule has 0 N–H and O–H groups in total. The van der Waals surface area contributed by atoms with E-state index in [1.807, 2.05) is 6.07 Å². The highest BCUT2D eigenvalue weighted by molar-refractivity contribution is 6.17. The predicted octanol–water partition coefficient (Wildman–Crippen LogP) is 1.60. The van der Waals surface area contributed by atoms with Crippen molar-refractivity contribution in [1.82, 2.24) is 4.98 Å². The van der Waals surface area contributed by atoms with Crippen molar-refractivity contribution in [3.63, 3.8) is 0 Å². The van der Waals surface area contributed by atoms with Gasteiger partial charge in [0.2, 0.25) is 0 Å². The van der Waals surface area contributed by atoms with E-state index in [9.17, 15) is 0 Å². The molecule has 0 unspecified atom stereocenters. The van der Waals surface area contributed by atoms with Crippen LogP contribution in [0.1, 0.15) is 5.56 Å². The average Bonchev–Trinajstić information content (AvgIpc) is 2.12. The number of aromatic nitrogens is 1. The van der Waals surface area contributed by atoms with Gasteiger partial charge < -0.3 is 9.47 Å². The molecule has 0 radical (unpaired) electrons. The van der Waals surface area contributed by atoms with Gasteiger partial charge in [0.05, 0.1) is 25.3 Å². The summed E-state index contributed by atoms with van der Waals surface area (Å²) in [6.45, 7) is 1.33. The highest BCUT2D eigenvalue weighted by Gasteiger charge is 2.20. The number of ether oxygens (including phenoxy) is 2. The average molecular weight is 200 g/mol. The van der Waals surface area contributed by atoms with Crippen LogP contribution >= 0.6 is 11.6 Å². The topological polar surface area (TPSA) is 31.4 Å². The van der Waals surface area contributed by atoms with Gasteiger partial charge in [0.1, 0.15) is 11.9 Å². The summed E-state index contributed by atoms with van der Waals surface area (Å²) in [5.74, 6) is 1.22.